The molecule has 2 N–H and O–H groups in total. The van der Waals surface area contributed by atoms with Crippen LogP contribution in [0.25, 0.3) is 0 Å². The number of carbonyl (C=O) groups excluding carboxylic acids is 2. The van der Waals surface area contributed by atoms with Crippen LogP contribution in [0.2, 0.25) is 0 Å². The van der Waals surface area contributed by atoms with Crippen molar-refractivity contribution in [2.24, 2.45) is 0 Å². The number of aliphatic hydroxyl groups is 1. The van der Waals surface area contributed by atoms with Gasteiger partial charge in [-0.3, -0.25) is 4.79 Å². The van der Waals surface area contributed by atoms with Gasteiger partial charge in [-0.15, -0.1) is 0 Å². The highest BCUT2D eigenvalue weighted by molar-refractivity contribution is 6.24. The van der Waals surface area contributed by atoms with Crippen molar-refractivity contribution in [1.29, 1.82) is 0 Å². The molecule has 27 heavy (non-hydrogen) atoms. The van der Waals surface area contributed by atoms with E-state index in [0.29, 0.717) is 12.8 Å². The molecular weight excluding hydrogens is 370 g/mol. The molecular formula is C18H19F4NO4. The van der Waals surface area contributed by atoms with Crippen molar-refractivity contribution in [2.75, 3.05) is 13.2 Å². The summed E-state index contributed by atoms with van der Waals surface area (Å²) in [5, 5.41) is 12.4. The lowest BCUT2D eigenvalue weighted by Gasteiger charge is -2.27. The normalized spacial score (nSPS) is 16.3. The molecule has 0 aliphatic heterocycles. The third kappa shape index (κ3) is 4.29. The molecule has 9 heteroatoms. The lowest BCUT2D eigenvalue weighted by Crippen LogP contribution is -2.43. The number of hydrogen-bond donors (Lipinski definition) is 2. The molecule has 1 aliphatic rings. The molecule has 0 heterocycles. The summed E-state index contributed by atoms with van der Waals surface area (Å²) >= 11 is 0. The molecule has 0 spiro atoms. The van der Waals surface area contributed by atoms with Crippen molar-refractivity contribution < 1.29 is 37.0 Å². The molecule has 148 valence electrons. The Balaban J connectivity index is 2.44. The number of ketones is 1. The van der Waals surface area contributed by atoms with E-state index in [-0.39, 0.29) is 19.3 Å². The minimum Gasteiger partial charge on any atom is -0.462 e. The summed E-state index contributed by atoms with van der Waals surface area (Å²) in [6, 6.07) is 0.181. The van der Waals surface area contributed by atoms with Crippen molar-refractivity contribution in [3.63, 3.8) is 0 Å². The average Bonchev–Trinajstić information content (AvgIpc) is 3.12. The largest absolute Gasteiger partial charge is 0.462 e. The smallest absolute Gasteiger partial charge is 0.343 e. The van der Waals surface area contributed by atoms with Gasteiger partial charge in [-0.25, -0.2) is 22.4 Å². The molecule has 0 aromatic heterocycles. The number of esters is 1. The van der Waals surface area contributed by atoms with Crippen molar-refractivity contribution in [3.8, 4) is 0 Å². The van der Waals surface area contributed by atoms with E-state index in [1.165, 1.54) is 6.92 Å². The third-order valence-electron chi connectivity index (χ3n) is 4.47. The van der Waals surface area contributed by atoms with E-state index in [0.717, 1.165) is 19.0 Å². The maximum atomic E-state index is 13.9. The minimum atomic E-state index is -2.16. The van der Waals surface area contributed by atoms with Gasteiger partial charge in [0, 0.05) is 6.20 Å². The summed E-state index contributed by atoms with van der Waals surface area (Å²) in [5.74, 6) is -10.4. The molecule has 5 nitrogen and oxygen atoms in total. The van der Waals surface area contributed by atoms with Gasteiger partial charge in [-0.2, -0.15) is 0 Å². The van der Waals surface area contributed by atoms with Crippen LogP contribution in [0, 0.1) is 23.3 Å². The fourth-order valence-electron chi connectivity index (χ4n) is 2.93. The lowest BCUT2D eigenvalue weighted by molar-refractivity contribution is -0.138. The molecule has 0 saturated heterocycles. The van der Waals surface area contributed by atoms with Gasteiger partial charge in [0.1, 0.15) is 5.57 Å². The van der Waals surface area contributed by atoms with E-state index in [4.69, 9.17) is 4.74 Å². The van der Waals surface area contributed by atoms with Crippen LogP contribution in [0.5, 0.6) is 0 Å². The van der Waals surface area contributed by atoms with Gasteiger partial charge in [0.25, 0.3) is 0 Å². The molecule has 1 saturated carbocycles. The fraction of sp³-hybridized carbons (Fsp3) is 0.444. The molecule has 1 fully saturated rings. The van der Waals surface area contributed by atoms with Crippen molar-refractivity contribution in [1.82, 2.24) is 5.32 Å². The first-order valence-electron chi connectivity index (χ1n) is 8.40. The predicted molar refractivity (Wildman–Crippen MR) is 86.7 cm³/mol. The van der Waals surface area contributed by atoms with Crippen molar-refractivity contribution >= 4 is 11.8 Å². The topological polar surface area (TPSA) is 75.6 Å². The summed E-state index contributed by atoms with van der Waals surface area (Å²) in [4.78, 5) is 24.6. The Morgan fingerprint density at radius 1 is 1.19 bits per heavy atom. The quantitative estimate of drug-likeness (QED) is 0.110. The zero-order chi connectivity index (χ0) is 20.2. The second-order valence-corrected chi connectivity index (χ2v) is 6.25. The molecule has 1 aliphatic carbocycles. The van der Waals surface area contributed by atoms with E-state index >= 15 is 0 Å². The van der Waals surface area contributed by atoms with Crippen LogP contribution in [0.4, 0.5) is 17.6 Å². The number of benzene rings is 1. The fourth-order valence-corrected chi connectivity index (χ4v) is 2.93. The third-order valence-corrected chi connectivity index (χ3v) is 4.47. The van der Waals surface area contributed by atoms with Crippen LogP contribution in [0.1, 0.15) is 43.0 Å². The molecule has 1 aromatic carbocycles. The summed E-state index contributed by atoms with van der Waals surface area (Å²) < 4.78 is 58.7. The van der Waals surface area contributed by atoms with Crippen LogP contribution < -0.4 is 5.32 Å². The highest BCUT2D eigenvalue weighted by Crippen LogP contribution is 2.29. The Bertz CT molecular complexity index is 773. The number of hydrogen-bond acceptors (Lipinski definition) is 5. The van der Waals surface area contributed by atoms with E-state index in [1.807, 2.05) is 0 Å². The molecule has 0 radical (unpaired) electrons. The maximum absolute atomic E-state index is 13.9. The van der Waals surface area contributed by atoms with Gasteiger partial charge in [0.05, 0.1) is 24.3 Å². The summed E-state index contributed by atoms with van der Waals surface area (Å²) in [7, 11) is 0. The molecule has 0 atom stereocenters. The number of rotatable bonds is 7. The Hall–Kier alpha value is -2.42. The molecule has 2 rings (SSSR count). The number of carbonyl (C=O) groups is 2. The van der Waals surface area contributed by atoms with E-state index in [2.05, 4.69) is 5.32 Å². The summed E-state index contributed by atoms with van der Waals surface area (Å²) in [6.07, 6.45) is 3.71. The van der Waals surface area contributed by atoms with Crippen LogP contribution >= 0.6 is 0 Å². The van der Waals surface area contributed by atoms with Gasteiger partial charge in [0.15, 0.2) is 23.3 Å². The zero-order valence-electron chi connectivity index (χ0n) is 14.6. The Labute approximate surface area is 153 Å². The van der Waals surface area contributed by atoms with Crippen LogP contribution in [0.15, 0.2) is 17.8 Å². The first-order valence-corrected chi connectivity index (χ1v) is 8.40. The Morgan fingerprint density at radius 3 is 2.37 bits per heavy atom. The van der Waals surface area contributed by atoms with E-state index in [9.17, 15) is 32.3 Å². The SMILES string of the molecule is CCOC(=O)/C(=C\NC1(CO)CCCC1)C(=O)c1cc(F)c(F)c(F)c1F. The van der Waals surface area contributed by atoms with Crippen LogP contribution in [-0.4, -0.2) is 35.6 Å². The highest BCUT2D eigenvalue weighted by atomic mass is 19.2. The van der Waals surface area contributed by atoms with Gasteiger partial charge in [-0.05, 0) is 25.8 Å². The molecule has 1 aromatic rings. The maximum Gasteiger partial charge on any atom is 0.343 e. The zero-order valence-corrected chi connectivity index (χ0v) is 14.6. The number of ether oxygens (including phenoxy) is 1. The standard InChI is InChI=1S/C18H19F4NO4/c1-2-27-17(26)11(8-23-18(9-24)5-3-4-6-18)16(25)10-7-12(19)14(21)15(22)13(10)20/h7-8,23-24H,2-6,9H2,1H3/b11-8-. The number of aliphatic hydroxyl groups excluding tert-OH is 1. The monoisotopic (exact) mass is 389 g/mol. The Morgan fingerprint density at radius 2 is 1.81 bits per heavy atom. The first-order chi connectivity index (χ1) is 12.8. The number of halogens is 4. The van der Waals surface area contributed by atoms with Crippen molar-refractivity contribution in [2.45, 2.75) is 38.1 Å². The summed E-state index contributed by atoms with van der Waals surface area (Å²) in [6.45, 7) is 1.09. The lowest BCUT2D eigenvalue weighted by atomic mass is 9.98. The van der Waals surface area contributed by atoms with E-state index in [1.54, 1.807) is 0 Å². The van der Waals surface area contributed by atoms with Crippen LogP contribution in [0.3, 0.4) is 0 Å². The first kappa shape index (κ1) is 20.9. The van der Waals surface area contributed by atoms with E-state index < -0.39 is 51.7 Å². The number of Topliss-reactive ketones (excluding diaryl/α,β-unsaturated/α-hetero) is 1. The summed E-state index contributed by atoms with van der Waals surface area (Å²) in [5.41, 5.74) is -2.63. The van der Waals surface area contributed by atoms with Gasteiger partial charge in [0.2, 0.25) is 5.78 Å². The molecule has 0 amide bonds. The highest BCUT2D eigenvalue weighted by Gasteiger charge is 2.34. The second-order valence-electron chi connectivity index (χ2n) is 6.25. The average molecular weight is 389 g/mol. The predicted octanol–water partition coefficient (Wildman–Crippen LogP) is 2.77. The second kappa shape index (κ2) is 8.51. The van der Waals surface area contributed by atoms with Crippen molar-refractivity contribution in [3.05, 3.63) is 46.7 Å². The molecule has 0 bridgehead atoms. The van der Waals surface area contributed by atoms with Gasteiger partial charge >= 0.3 is 5.97 Å². The minimum absolute atomic E-state index is 0.108. The van der Waals surface area contributed by atoms with Gasteiger partial charge < -0.3 is 15.2 Å². The van der Waals surface area contributed by atoms with Gasteiger partial charge in [-0.1, -0.05) is 12.8 Å². The molecule has 0 unspecified atom stereocenters. The Kier molecular flexibility index (Phi) is 6.59. The van der Waals surface area contributed by atoms with Crippen LogP contribution in [-0.2, 0) is 9.53 Å². The number of nitrogens with one attached hydrogen (secondary N) is 1.